The SMILES string of the molecule is O=C(CCCN1C(=O)c2ccccc2C1=O)Nc1nc(-c2ccc3c(c2)CCCC3)cs1. The van der Waals surface area contributed by atoms with E-state index in [0.717, 1.165) is 24.1 Å². The normalized spacial score (nSPS) is 14.9. The number of amides is 3. The molecule has 0 fully saturated rings. The summed E-state index contributed by atoms with van der Waals surface area (Å²) < 4.78 is 0. The predicted octanol–water partition coefficient (Wildman–Crippen LogP) is 4.70. The number of fused-ring (bicyclic) bond motifs is 2. The Morgan fingerprint density at radius 3 is 2.47 bits per heavy atom. The third-order valence-electron chi connectivity index (χ3n) is 6.06. The van der Waals surface area contributed by atoms with Crippen LogP contribution in [0.15, 0.2) is 47.8 Å². The van der Waals surface area contributed by atoms with E-state index in [1.165, 1.54) is 40.2 Å². The summed E-state index contributed by atoms with van der Waals surface area (Å²) in [6.07, 6.45) is 5.36. The van der Waals surface area contributed by atoms with Crippen molar-refractivity contribution in [1.29, 1.82) is 0 Å². The number of imide groups is 1. The molecule has 2 heterocycles. The molecule has 1 aliphatic carbocycles. The molecule has 0 radical (unpaired) electrons. The number of carbonyl (C=O) groups is 3. The van der Waals surface area contributed by atoms with Crippen LogP contribution in [-0.4, -0.2) is 34.2 Å². The Morgan fingerprint density at radius 2 is 1.72 bits per heavy atom. The highest BCUT2D eigenvalue weighted by Crippen LogP contribution is 2.30. The molecule has 0 bridgehead atoms. The molecule has 3 aromatic rings. The van der Waals surface area contributed by atoms with Crippen molar-refractivity contribution in [1.82, 2.24) is 9.88 Å². The van der Waals surface area contributed by atoms with E-state index in [1.807, 2.05) is 5.38 Å². The first-order valence-corrected chi connectivity index (χ1v) is 11.8. The van der Waals surface area contributed by atoms with Crippen LogP contribution >= 0.6 is 11.3 Å². The molecular weight excluding hydrogens is 422 g/mol. The quantitative estimate of drug-likeness (QED) is 0.558. The number of thiazole rings is 1. The Hall–Kier alpha value is -3.32. The van der Waals surface area contributed by atoms with Gasteiger partial charge >= 0.3 is 0 Å². The molecular formula is C25H23N3O3S. The monoisotopic (exact) mass is 445 g/mol. The number of rotatable bonds is 6. The van der Waals surface area contributed by atoms with E-state index in [4.69, 9.17) is 0 Å². The summed E-state index contributed by atoms with van der Waals surface area (Å²) in [5.41, 5.74) is 5.64. The molecule has 0 saturated carbocycles. The number of hydrogen-bond acceptors (Lipinski definition) is 5. The number of carbonyl (C=O) groups excluding carboxylic acids is 3. The van der Waals surface area contributed by atoms with E-state index >= 15 is 0 Å². The van der Waals surface area contributed by atoms with Gasteiger partial charge in [-0.15, -0.1) is 11.3 Å². The van der Waals surface area contributed by atoms with Crippen LogP contribution in [0.4, 0.5) is 5.13 Å². The summed E-state index contributed by atoms with van der Waals surface area (Å²) in [5, 5.41) is 5.36. The van der Waals surface area contributed by atoms with Crippen molar-refractivity contribution in [2.24, 2.45) is 0 Å². The van der Waals surface area contributed by atoms with Crippen molar-refractivity contribution >= 4 is 34.2 Å². The van der Waals surface area contributed by atoms with Gasteiger partial charge in [-0.2, -0.15) is 0 Å². The summed E-state index contributed by atoms with van der Waals surface area (Å²) in [5.74, 6) is -0.755. The third-order valence-corrected chi connectivity index (χ3v) is 6.82. The van der Waals surface area contributed by atoms with Crippen molar-refractivity contribution < 1.29 is 14.4 Å². The van der Waals surface area contributed by atoms with E-state index < -0.39 is 0 Å². The van der Waals surface area contributed by atoms with Gasteiger partial charge in [-0.3, -0.25) is 19.3 Å². The molecule has 6 nitrogen and oxygen atoms in total. The second-order valence-electron chi connectivity index (χ2n) is 8.19. The van der Waals surface area contributed by atoms with Crippen LogP contribution in [0.1, 0.15) is 57.5 Å². The maximum absolute atomic E-state index is 12.4. The highest BCUT2D eigenvalue weighted by molar-refractivity contribution is 7.14. The van der Waals surface area contributed by atoms with Crippen LogP contribution in [-0.2, 0) is 17.6 Å². The van der Waals surface area contributed by atoms with Gasteiger partial charge < -0.3 is 5.32 Å². The highest BCUT2D eigenvalue weighted by atomic mass is 32.1. The molecule has 32 heavy (non-hydrogen) atoms. The second kappa shape index (κ2) is 8.67. The van der Waals surface area contributed by atoms with Crippen LogP contribution in [0.5, 0.6) is 0 Å². The predicted molar refractivity (Wildman–Crippen MR) is 124 cm³/mol. The molecule has 0 unspecified atom stereocenters. The largest absolute Gasteiger partial charge is 0.302 e. The minimum atomic E-state index is -0.291. The van der Waals surface area contributed by atoms with Crippen molar-refractivity contribution in [2.75, 3.05) is 11.9 Å². The molecule has 0 atom stereocenters. The zero-order valence-electron chi connectivity index (χ0n) is 17.6. The van der Waals surface area contributed by atoms with Gasteiger partial charge in [0.2, 0.25) is 5.91 Å². The molecule has 2 aromatic carbocycles. The fourth-order valence-electron chi connectivity index (χ4n) is 4.38. The Morgan fingerprint density at radius 1 is 1.00 bits per heavy atom. The Balaban J connectivity index is 1.15. The van der Waals surface area contributed by atoms with Crippen LogP contribution in [0.2, 0.25) is 0 Å². The standard InChI is InChI=1S/C25H23N3O3S/c29-22(10-5-13-28-23(30)19-8-3-4-9-20(19)24(28)31)27-25-26-21(15-32-25)18-12-11-16-6-1-2-7-17(16)14-18/h3-4,8-9,11-12,14-15H,1-2,5-7,10,13H2,(H,26,27,29). The highest BCUT2D eigenvalue weighted by Gasteiger charge is 2.34. The average Bonchev–Trinajstić information content (AvgIpc) is 3.37. The van der Waals surface area contributed by atoms with Gasteiger partial charge in [0.25, 0.3) is 11.8 Å². The third kappa shape index (κ3) is 3.96. The van der Waals surface area contributed by atoms with Crippen LogP contribution < -0.4 is 5.32 Å². The number of aromatic nitrogens is 1. The first-order valence-electron chi connectivity index (χ1n) is 10.9. The Kier molecular flexibility index (Phi) is 5.57. The zero-order valence-corrected chi connectivity index (χ0v) is 18.4. The summed E-state index contributed by atoms with van der Waals surface area (Å²) in [4.78, 5) is 43.0. The number of anilines is 1. The number of nitrogens with zero attached hydrogens (tertiary/aromatic N) is 2. The fourth-order valence-corrected chi connectivity index (χ4v) is 5.11. The van der Waals surface area contributed by atoms with Gasteiger partial charge in [0, 0.05) is 23.9 Å². The van der Waals surface area contributed by atoms with E-state index in [2.05, 4.69) is 28.5 Å². The number of benzene rings is 2. The maximum Gasteiger partial charge on any atom is 0.261 e. The number of nitrogens with one attached hydrogen (secondary N) is 1. The van der Waals surface area contributed by atoms with Gasteiger partial charge in [0.05, 0.1) is 16.8 Å². The molecule has 1 aliphatic heterocycles. The molecule has 1 aromatic heterocycles. The van der Waals surface area contributed by atoms with E-state index in [0.29, 0.717) is 22.7 Å². The molecule has 1 N–H and O–H groups in total. The average molecular weight is 446 g/mol. The van der Waals surface area contributed by atoms with Crippen molar-refractivity contribution in [3.63, 3.8) is 0 Å². The lowest BCUT2D eigenvalue weighted by Crippen LogP contribution is -2.31. The summed E-state index contributed by atoms with van der Waals surface area (Å²) >= 11 is 1.40. The van der Waals surface area contributed by atoms with Gasteiger partial charge in [-0.05, 0) is 61.4 Å². The second-order valence-corrected chi connectivity index (χ2v) is 9.05. The molecule has 0 saturated heterocycles. The van der Waals surface area contributed by atoms with Crippen molar-refractivity contribution in [3.05, 3.63) is 70.1 Å². The first-order chi connectivity index (χ1) is 15.6. The minimum absolute atomic E-state index is 0.173. The van der Waals surface area contributed by atoms with Crippen molar-refractivity contribution in [3.8, 4) is 11.3 Å². The Labute approximate surface area is 190 Å². The first kappa shape index (κ1) is 20.6. The van der Waals surface area contributed by atoms with Gasteiger partial charge in [-0.1, -0.05) is 24.3 Å². The fraction of sp³-hybridized carbons (Fsp3) is 0.280. The number of aryl methyl sites for hydroxylation is 2. The minimum Gasteiger partial charge on any atom is -0.302 e. The van der Waals surface area contributed by atoms with Gasteiger partial charge in [0.15, 0.2) is 5.13 Å². The molecule has 5 rings (SSSR count). The number of hydrogen-bond donors (Lipinski definition) is 1. The molecule has 0 spiro atoms. The Bertz CT molecular complexity index is 1180. The molecule has 2 aliphatic rings. The lowest BCUT2D eigenvalue weighted by molar-refractivity contribution is -0.116. The molecule has 3 amide bonds. The zero-order chi connectivity index (χ0) is 22.1. The smallest absolute Gasteiger partial charge is 0.261 e. The van der Waals surface area contributed by atoms with Gasteiger partial charge in [0.1, 0.15) is 0 Å². The van der Waals surface area contributed by atoms with Gasteiger partial charge in [-0.25, -0.2) is 4.98 Å². The van der Waals surface area contributed by atoms with E-state index in [1.54, 1.807) is 24.3 Å². The van der Waals surface area contributed by atoms with Crippen LogP contribution in [0.25, 0.3) is 11.3 Å². The summed E-state index contributed by atoms with van der Waals surface area (Å²) in [6.45, 7) is 0.220. The lowest BCUT2D eigenvalue weighted by Gasteiger charge is -2.16. The van der Waals surface area contributed by atoms with E-state index in [-0.39, 0.29) is 30.7 Å². The van der Waals surface area contributed by atoms with Crippen LogP contribution in [0, 0.1) is 0 Å². The molecule has 7 heteroatoms. The van der Waals surface area contributed by atoms with Crippen molar-refractivity contribution in [2.45, 2.75) is 38.5 Å². The summed E-state index contributed by atoms with van der Waals surface area (Å²) in [7, 11) is 0. The van der Waals surface area contributed by atoms with Crippen LogP contribution in [0.3, 0.4) is 0 Å². The maximum atomic E-state index is 12.4. The topological polar surface area (TPSA) is 79.4 Å². The summed E-state index contributed by atoms with van der Waals surface area (Å²) in [6, 6.07) is 13.3. The van der Waals surface area contributed by atoms with E-state index in [9.17, 15) is 14.4 Å². The molecule has 162 valence electrons. The lowest BCUT2D eigenvalue weighted by atomic mass is 9.90.